The van der Waals surface area contributed by atoms with Gasteiger partial charge in [0.25, 0.3) is 0 Å². The Bertz CT molecular complexity index is 1080. The molecule has 1 atom stereocenters. The third kappa shape index (κ3) is 3.85. The fourth-order valence-corrected chi connectivity index (χ4v) is 3.85. The van der Waals surface area contributed by atoms with Crippen molar-refractivity contribution in [1.82, 2.24) is 10.1 Å². The maximum absolute atomic E-state index is 12.6. The number of amides is 1. The topological polar surface area (TPSA) is 77.7 Å². The van der Waals surface area contributed by atoms with Gasteiger partial charge < -0.3 is 18.9 Å². The van der Waals surface area contributed by atoms with Gasteiger partial charge in [-0.3, -0.25) is 4.79 Å². The van der Waals surface area contributed by atoms with Gasteiger partial charge in [0.1, 0.15) is 0 Å². The number of benzene rings is 2. The van der Waals surface area contributed by atoms with Crippen molar-refractivity contribution >= 4 is 23.2 Å². The number of hydrogen-bond acceptors (Lipinski definition) is 6. The van der Waals surface area contributed by atoms with Crippen LogP contribution in [0.5, 0.6) is 11.5 Å². The van der Waals surface area contributed by atoms with E-state index in [1.54, 1.807) is 18.1 Å². The number of carbonyl (C=O) groups is 1. The van der Waals surface area contributed by atoms with Crippen molar-refractivity contribution in [3.8, 4) is 22.9 Å². The molecule has 1 aliphatic heterocycles. The molecule has 1 amide bonds. The zero-order valence-electron chi connectivity index (χ0n) is 17.0. The van der Waals surface area contributed by atoms with Gasteiger partial charge >= 0.3 is 0 Å². The van der Waals surface area contributed by atoms with Crippen molar-refractivity contribution < 1.29 is 18.8 Å². The van der Waals surface area contributed by atoms with Gasteiger partial charge in [0.2, 0.25) is 17.6 Å². The largest absolute Gasteiger partial charge is 0.493 e. The lowest BCUT2D eigenvalue weighted by molar-refractivity contribution is -0.117. The third-order valence-corrected chi connectivity index (χ3v) is 5.32. The summed E-state index contributed by atoms with van der Waals surface area (Å²) in [6.07, 6.45) is 0.316. The number of nitrogens with zero attached hydrogens (tertiary/aromatic N) is 3. The second kappa shape index (κ2) is 8.36. The van der Waals surface area contributed by atoms with E-state index in [1.807, 2.05) is 44.2 Å². The van der Waals surface area contributed by atoms with Gasteiger partial charge in [-0.1, -0.05) is 16.8 Å². The Labute approximate surface area is 179 Å². The molecule has 2 aromatic carbocycles. The van der Waals surface area contributed by atoms with Crippen LogP contribution in [0.3, 0.4) is 0 Å². The molecule has 1 aliphatic rings. The molecule has 0 bridgehead atoms. The number of rotatable bonds is 6. The second-order valence-electron chi connectivity index (χ2n) is 7.09. The Hall–Kier alpha value is -3.06. The number of methoxy groups -OCH3 is 1. The van der Waals surface area contributed by atoms with Crippen LogP contribution < -0.4 is 14.4 Å². The number of anilines is 1. The van der Waals surface area contributed by atoms with Crippen LogP contribution in [0.1, 0.15) is 30.7 Å². The fraction of sp³-hybridized carbons (Fsp3) is 0.318. The Balaban J connectivity index is 1.55. The number of carbonyl (C=O) groups excluding carboxylic acids is 1. The van der Waals surface area contributed by atoms with Crippen LogP contribution in [0, 0.1) is 6.92 Å². The van der Waals surface area contributed by atoms with Crippen LogP contribution in [0.25, 0.3) is 11.4 Å². The van der Waals surface area contributed by atoms with E-state index in [1.165, 1.54) is 0 Å². The monoisotopic (exact) mass is 427 g/mol. The molecule has 0 aliphatic carbocycles. The normalized spacial score (nSPS) is 16.2. The van der Waals surface area contributed by atoms with Crippen molar-refractivity contribution in [2.24, 2.45) is 0 Å². The predicted molar refractivity (Wildman–Crippen MR) is 113 cm³/mol. The summed E-state index contributed by atoms with van der Waals surface area (Å²) >= 11 is 6.04. The fourth-order valence-electron chi connectivity index (χ4n) is 3.63. The molecule has 0 radical (unpaired) electrons. The lowest BCUT2D eigenvalue weighted by atomic mass is 10.1. The summed E-state index contributed by atoms with van der Waals surface area (Å²) in [5.41, 5.74) is 2.55. The molecule has 0 N–H and O–H groups in total. The van der Waals surface area contributed by atoms with Crippen LogP contribution in [-0.2, 0) is 4.79 Å². The standard InChI is InChI=1S/C22H22ClN3O4/c1-4-29-18-8-5-14(10-19(18)28-3)21-24-22(30-25-21)15-11-20(27)26(12-15)17-7-6-16(23)9-13(17)2/h5-10,15H,4,11-12H2,1-3H3. The van der Waals surface area contributed by atoms with Crippen LogP contribution in [0.2, 0.25) is 5.02 Å². The molecule has 156 valence electrons. The Morgan fingerprint density at radius 3 is 2.80 bits per heavy atom. The van der Waals surface area contributed by atoms with E-state index in [-0.39, 0.29) is 11.8 Å². The van der Waals surface area contributed by atoms with Crippen molar-refractivity contribution in [3.05, 3.63) is 52.9 Å². The highest BCUT2D eigenvalue weighted by Crippen LogP contribution is 2.35. The van der Waals surface area contributed by atoms with Crippen LogP contribution in [0.15, 0.2) is 40.9 Å². The van der Waals surface area contributed by atoms with Crippen LogP contribution in [-0.4, -0.2) is 36.3 Å². The van der Waals surface area contributed by atoms with E-state index >= 15 is 0 Å². The molecule has 0 spiro atoms. The van der Waals surface area contributed by atoms with Gasteiger partial charge in [-0.25, -0.2) is 0 Å². The molecule has 8 heteroatoms. The lowest BCUT2D eigenvalue weighted by Crippen LogP contribution is -2.25. The first-order valence-corrected chi connectivity index (χ1v) is 10.1. The van der Waals surface area contributed by atoms with E-state index in [0.717, 1.165) is 16.8 Å². The van der Waals surface area contributed by atoms with E-state index in [9.17, 15) is 4.79 Å². The third-order valence-electron chi connectivity index (χ3n) is 5.09. The molecular formula is C22H22ClN3O4. The maximum Gasteiger partial charge on any atom is 0.232 e. The summed E-state index contributed by atoms with van der Waals surface area (Å²) in [4.78, 5) is 18.9. The minimum atomic E-state index is -0.168. The summed E-state index contributed by atoms with van der Waals surface area (Å²) in [6, 6.07) is 11.0. The summed E-state index contributed by atoms with van der Waals surface area (Å²) in [5, 5.41) is 4.75. The van der Waals surface area contributed by atoms with Gasteiger partial charge in [-0.05, 0) is 55.8 Å². The molecular weight excluding hydrogens is 406 g/mol. The minimum Gasteiger partial charge on any atom is -0.493 e. The molecule has 7 nitrogen and oxygen atoms in total. The molecule has 30 heavy (non-hydrogen) atoms. The number of hydrogen-bond donors (Lipinski definition) is 0. The van der Waals surface area contributed by atoms with Crippen LogP contribution >= 0.6 is 11.6 Å². The second-order valence-corrected chi connectivity index (χ2v) is 7.53. The van der Waals surface area contributed by atoms with Gasteiger partial charge in [0.05, 0.1) is 19.6 Å². The summed E-state index contributed by atoms with van der Waals surface area (Å²) in [5.74, 6) is 2.00. The number of halogens is 1. The number of aryl methyl sites for hydroxylation is 1. The first-order valence-electron chi connectivity index (χ1n) is 9.71. The van der Waals surface area contributed by atoms with Crippen molar-refractivity contribution in [2.75, 3.05) is 25.2 Å². The summed E-state index contributed by atoms with van der Waals surface area (Å²) < 4.78 is 16.4. The number of aromatic nitrogens is 2. The van der Waals surface area contributed by atoms with E-state index in [2.05, 4.69) is 10.1 Å². The Kier molecular flexibility index (Phi) is 5.63. The van der Waals surface area contributed by atoms with Crippen molar-refractivity contribution in [3.63, 3.8) is 0 Å². The highest BCUT2D eigenvalue weighted by Gasteiger charge is 2.35. The smallest absolute Gasteiger partial charge is 0.232 e. The molecule has 1 fully saturated rings. The van der Waals surface area contributed by atoms with Crippen molar-refractivity contribution in [1.29, 1.82) is 0 Å². The lowest BCUT2D eigenvalue weighted by Gasteiger charge is -2.18. The van der Waals surface area contributed by atoms with Crippen LogP contribution in [0.4, 0.5) is 5.69 Å². The van der Waals surface area contributed by atoms with Crippen molar-refractivity contribution in [2.45, 2.75) is 26.2 Å². The SMILES string of the molecule is CCOc1ccc(-c2noc(C3CC(=O)N(c4ccc(Cl)cc4C)C3)n2)cc1OC. The van der Waals surface area contributed by atoms with Gasteiger partial charge in [-0.2, -0.15) is 4.98 Å². The molecule has 1 aromatic heterocycles. The number of ether oxygens (including phenoxy) is 2. The zero-order valence-corrected chi connectivity index (χ0v) is 17.8. The highest BCUT2D eigenvalue weighted by molar-refractivity contribution is 6.30. The zero-order chi connectivity index (χ0) is 21.3. The first kappa shape index (κ1) is 20.2. The van der Waals surface area contributed by atoms with E-state index < -0.39 is 0 Å². The van der Waals surface area contributed by atoms with E-state index in [0.29, 0.717) is 47.8 Å². The molecule has 2 heterocycles. The quantitative estimate of drug-likeness (QED) is 0.571. The Morgan fingerprint density at radius 1 is 1.23 bits per heavy atom. The molecule has 0 saturated carbocycles. The average Bonchev–Trinajstić information content (AvgIpc) is 3.36. The van der Waals surface area contributed by atoms with E-state index in [4.69, 9.17) is 25.6 Å². The predicted octanol–water partition coefficient (Wildman–Crippen LogP) is 4.63. The Morgan fingerprint density at radius 2 is 2.07 bits per heavy atom. The maximum atomic E-state index is 12.6. The molecule has 3 aromatic rings. The van der Waals surface area contributed by atoms with Gasteiger partial charge in [0.15, 0.2) is 11.5 Å². The average molecular weight is 428 g/mol. The molecule has 1 unspecified atom stereocenters. The molecule has 1 saturated heterocycles. The first-order chi connectivity index (χ1) is 14.5. The van der Waals surface area contributed by atoms with Gasteiger partial charge in [-0.15, -0.1) is 0 Å². The molecule has 4 rings (SSSR count). The van der Waals surface area contributed by atoms with Gasteiger partial charge in [0, 0.05) is 29.2 Å². The summed E-state index contributed by atoms with van der Waals surface area (Å²) in [6.45, 7) is 4.87. The highest BCUT2D eigenvalue weighted by atomic mass is 35.5. The minimum absolute atomic E-state index is 0.0212. The summed E-state index contributed by atoms with van der Waals surface area (Å²) in [7, 11) is 1.58.